The first kappa shape index (κ1) is 15.6. The fraction of sp³-hybridized carbons (Fsp3) is 0.294. The van der Waals surface area contributed by atoms with E-state index in [-0.39, 0.29) is 5.91 Å². The third kappa shape index (κ3) is 3.17. The fourth-order valence-corrected chi connectivity index (χ4v) is 3.85. The van der Waals surface area contributed by atoms with Crippen LogP contribution in [0.5, 0.6) is 0 Å². The highest BCUT2D eigenvalue weighted by molar-refractivity contribution is 7.12. The molecular formula is C17H17ClN4OS. The van der Waals surface area contributed by atoms with Crippen LogP contribution in [0.15, 0.2) is 42.0 Å². The number of piperazine rings is 1. The molecule has 24 heavy (non-hydrogen) atoms. The quantitative estimate of drug-likeness (QED) is 0.721. The number of fused-ring (bicyclic) bond motifs is 1. The van der Waals surface area contributed by atoms with Crippen LogP contribution in [0, 0.1) is 0 Å². The van der Waals surface area contributed by atoms with Crippen molar-refractivity contribution in [3.05, 3.63) is 57.6 Å². The number of hydrogen-bond acceptors (Lipinski definition) is 4. The van der Waals surface area contributed by atoms with Crippen molar-refractivity contribution in [2.45, 2.75) is 6.54 Å². The summed E-state index contributed by atoms with van der Waals surface area (Å²) in [6, 6.07) is 7.58. The molecule has 0 N–H and O–H groups in total. The summed E-state index contributed by atoms with van der Waals surface area (Å²) in [5.74, 6) is 0.145. The molecule has 3 aromatic heterocycles. The predicted octanol–water partition coefficient (Wildman–Crippen LogP) is 3.01. The van der Waals surface area contributed by atoms with E-state index in [0.717, 1.165) is 48.9 Å². The first-order valence-electron chi connectivity index (χ1n) is 7.87. The number of carbonyl (C=O) groups is 1. The molecule has 4 rings (SSSR count). The summed E-state index contributed by atoms with van der Waals surface area (Å²) in [5, 5.41) is 2.64. The number of rotatable bonds is 3. The van der Waals surface area contributed by atoms with E-state index in [1.807, 2.05) is 51.3 Å². The second kappa shape index (κ2) is 6.55. The van der Waals surface area contributed by atoms with Crippen LogP contribution in [0.25, 0.3) is 5.65 Å². The van der Waals surface area contributed by atoms with E-state index < -0.39 is 0 Å². The molecule has 0 radical (unpaired) electrons. The molecule has 0 saturated carbocycles. The number of aromatic nitrogens is 2. The zero-order valence-corrected chi connectivity index (χ0v) is 14.6. The maximum Gasteiger partial charge on any atom is 0.264 e. The monoisotopic (exact) mass is 360 g/mol. The number of nitrogens with zero attached hydrogens (tertiary/aromatic N) is 4. The van der Waals surface area contributed by atoms with E-state index in [4.69, 9.17) is 11.6 Å². The standard InChI is InChI=1S/C17H17ClN4OS/c18-13-3-4-16-19-14(12-22(16)10-13)11-20-5-7-21(8-6-20)17(23)15-2-1-9-24-15/h1-4,9-10,12H,5-8,11H2. The molecule has 1 aliphatic heterocycles. The average Bonchev–Trinajstić information content (AvgIpc) is 3.23. The zero-order chi connectivity index (χ0) is 16.5. The second-order valence-electron chi connectivity index (χ2n) is 5.89. The van der Waals surface area contributed by atoms with Gasteiger partial charge in [0.15, 0.2) is 0 Å². The third-order valence-electron chi connectivity index (χ3n) is 4.24. The lowest BCUT2D eigenvalue weighted by atomic mass is 10.2. The highest BCUT2D eigenvalue weighted by atomic mass is 35.5. The van der Waals surface area contributed by atoms with Crippen molar-refractivity contribution in [3.63, 3.8) is 0 Å². The van der Waals surface area contributed by atoms with Gasteiger partial charge >= 0.3 is 0 Å². The van der Waals surface area contributed by atoms with Crippen molar-refractivity contribution in [3.8, 4) is 0 Å². The van der Waals surface area contributed by atoms with Crippen LogP contribution in [0.4, 0.5) is 0 Å². The highest BCUT2D eigenvalue weighted by Crippen LogP contribution is 2.16. The molecule has 3 aromatic rings. The molecule has 1 fully saturated rings. The van der Waals surface area contributed by atoms with E-state index in [1.165, 1.54) is 11.3 Å². The molecule has 0 unspecified atom stereocenters. The third-order valence-corrected chi connectivity index (χ3v) is 5.32. The molecule has 5 nitrogen and oxygen atoms in total. The number of amides is 1. The SMILES string of the molecule is O=C(c1cccs1)N1CCN(Cc2cn3cc(Cl)ccc3n2)CC1. The predicted molar refractivity (Wildman–Crippen MR) is 95.7 cm³/mol. The normalized spacial score (nSPS) is 16.0. The topological polar surface area (TPSA) is 40.9 Å². The van der Waals surface area contributed by atoms with Gasteiger partial charge in [-0.15, -0.1) is 11.3 Å². The van der Waals surface area contributed by atoms with E-state index in [2.05, 4.69) is 9.88 Å². The van der Waals surface area contributed by atoms with Crippen LogP contribution in [0.3, 0.4) is 0 Å². The summed E-state index contributed by atoms with van der Waals surface area (Å²) < 4.78 is 1.95. The summed E-state index contributed by atoms with van der Waals surface area (Å²) in [4.78, 5) is 22.1. The Labute approximate surface area is 149 Å². The van der Waals surface area contributed by atoms with Gasteiger partial charge in [-0.3, -0.25) is 9.69 Å². The molecule has 7 heteroatoms. The van der Waals surface area contributed by atoms with Crippen molar-refractivity contribution in [2.24, 2.45) is 0 Å². The Hall–Kier alpha value is -1.89. The van der Waals surface area contributed by atoms with Gasteiger partial charge in [-0.25, -0.2) is 4.98 Å². The van der Waals surface area contributed by atoms with E-state index in [1.54, 1.807) is 0 Å². The number of carbonyl (C=O) groups excluding carboxylic acids is 1. The molecule has 0 bridgehead atoms. The molecule has 1 saturated heterocycles. The smallest absolute Gasteiger partial charge is 0.264 e. The van der Waals surface area contributed by atoms with Gasteiger partial charge in [0.05, 0.1) is 15.6 Å². The number of hydrogen-bond donors (Lipinski definition) is 0. The Morgan fingerprint density at radius 3 is 2.75 bits per heavy atom. The maximum atomic E-state index is 12.4. The molecule has 1 aliphatic rings. The van der Waals surface area contributed by atoms with Crippen LogP contribution in [-0.2, 0) is 6.54 Å². The van der Waals surface area contributed by atoms with Crippen molar-refractivity contribution in [1.29, 1.82) is 0 Å². The molecule has 4 heterocycles. The minimum atomic E-state index is 0.145. The van der Waals surface area contributed by atoms with Crippen LogP contribution < -0.4 is 0 Å². The Balaban J connectivity index is 1.38. The van der Waals surface area contributed by atoms with Crippen molar-refractivity contribution < 1.29 is 4.79 Å². The number of halogens is 1. The van der Waals surface area contributed by atoms with Gasteiger partial charge in [-0.2, -0.15) is 0 Å². The number of thiophene rings is 1. The molecule has 1 amide bonds. The Kier molecular flexibility index (Phi) is 4.26. The van der Waals surface area contributed by atoms with Crippen LogP contribution in [-0.4, -0.2) is 51.3 Å². The molecule has 124 valence electrons. The lowest BCUT2D eigenvalue weighted by Gasteiger charge is -2.34. The first-order valence-corrected chi connectivity index (χ1v) is 9.13. The van der Waals surface area contributed by atoms with Crippen molar-refractivity contribution in [2.75, 3.05) is 26.2 Å². The summed E-state index contributed by atoms with van der Waals surface area (Å²) in [7, 11) is 0. The molecule has 0 aliphatic carbocycles. The zero-order valence-electron chi connectivity index (χ0n) is 13.1. The Morgan fingerprint density at radius 2 is 2.00 bits per heavy atom. The average molecular weight is 361 g/mol. The van der Waals surface area contributed by atoms with E-state index in [9.17, 15) is 4.79 Å². The van der Waals surface area contributed by atoms with Gasteiger partial charge in [0.25, 0.3) is 5.91 Å². The van der Waals surface area contributed by atoms with Gasteiger partial charge in [0.2, 0.25) is 0 Å². The van der Waals surface area contributed by atoms with Gasteiger partial charge < -0.3 is 9.30 Å². The maximum absolute atomic E-state index is 12.4. The molecule has 0 atom stereocenters. The molecule has 0 spiro atoms. The first-order chi connectivity index (χ1) is 11.7. The van der Waals surface area contributed by atoms with Gasteiger partial charge in [0.1, 0.15) is 5.65 Å². The van der Waals surface area contributed by atoms with E-state index >= 15 is 0 Å². The second-order valence-corrected chi connectivity index (χ2v) is 7.27. The largest absolute Gasteiger partial charge is 0.335 e. The highest BCUT2D eigenvalue weighted by Gasteiger charge is 2.23. The van der Waals surface area contributed by atoms with E-state index in [0.29, 0.717) is 5.02 Å². The molecule has 0 aromatic carbocycles. The van der Waals surface area contributed by atoms with Gasteiger partial charge in [0, 0.05) is 45.1 Å². The number of imidazole rings is 1. The van der Waals surface area contributed by atoms with Gasteiger partial charge in [-0.05, 0) is 23.6 Å². The van der Waals surface area contributed by atoms with Crippen molar-refractivity contribution >= 4 is 34.5 Å². The van der Waals surface area contributed by atoms with Gasteiger partial charge in [-0.1, -0.05) is 17.7 Å². The van der Waals surface area contributed by atoms with Crippen LogP contribution in [0.1, 0.15) is 15.4 Å². The lowest BCUT2D eigenvalue weighted by Crippen LogP contribution is -2.48. The minimum absolute atomic E-state index is 0.145. The lowest BCUT2D eigenvalue weighted by molar-refractivity contribution is 0.0632. The summed E-state index contributed by atoms with van der Waals surface area (Å²) in [5.41, 5.74) is 1.93. The van der Waals surface area contributed by atoms with Crippen molar-refractivity contribution in [1.82, 2.24) is 19.2 Å². The summed E-state index contributed by atoms with van der Waals surface area (Å²) in [6.45, 7) is 4.05. The Bertz CT molecular complexity index is 853. The Morgan fingerprint density at radius 1 is 1.17 bits per heavy atom. The minimum Gasteiger partial charge on any atom is -0.335 e. The van der Waals surface area contributed by atoms with Crippen LogP contribution >= 0.6 is 22.9 Å². The number of pyridine rings is 1. The summed E-state index contributed by atoms with van der Waals surface area (Å²) >= 11 is 7.52. The molecular weight excluding hydrogens is 344 g/mol. The van der Waals surface area contributed by atoms with Crippen LogP contribution in [0.2, 0.25) is 5.02 Å². The fourth-order valence-electron chi connectivity index (χ4n) is 2.99. The summed E-state index contributed by atoms with van der Waals surface area (Å²) in [6.07, 6.45) is 3.88.